The van der Waals surface area contributed by atoms with Crippen LogP contribution in [-0.2, 0) is 0 Å². The molecule has 6 nitrogen and oxygen atoms in total. The molecular weight excluding hydrogens is 378 g/mol. The van der Waals surface area contributed by atoms with E-state index in [0.29, 0.717) is 5.69 Å². The molecule has 140 valence electrons. The third kappa shape index (κ3) is 3.91. The Morgan fingerprint density at radius 2 is 1.96 bits per heavy atom. The maximum Gasteiger partial charge on any atom is 0.276 e. The summed E-state index contributed by atoms with van der Waals surface area (Å²) in [6, 6.07) is 9.62. The summed E-state index contributed by atoms with van der Waals surface area (Å²) in [5.74, 6) is 2.88. The maximum absolute atomic E-state index is 12.7. The van der Waals surface area contributed by atoms with Crippen molar-refractivity contribution < 1.29 is 4.79 Å². The lowest BCUT2D eigenvalue weighted by atomic mass is 10.3. The molecule has 3 aromatic rings. The van der Waals surface area contributed by atoms with Gasteiger partial charge in [-0.1, -0.05) is 0 Å². The molecule has 1 aliphatic heterocycles. The third-order valence-corrected chi connectivity index (χ3v) is 6.13. The topological polar surface area (TPSA) is 62.5 Å². The predicted molar refractivity (Wildman–Crippen MR) is 113 cm³/mol. The Morgan fingerprint density at radius 3 is 2.67 bits per heavy atom. The fourth-order valence-corrected chi connectivity index (χ4v) is 4.39. The average Bonchev–Trinajstić information content (AvgIpc) is 3.12. The molecular formula is C19H21N5OS2. The highest BCUT2D eigenvalue weighted by Gasteiger charge is 2.19. The minimum absolute atomic E-state index is 0.214. The van der Waals surface area contributed by atoms with Crippen molar-refractivity contribution in [2.24, 2.45) is 0 Å². The number of fused-ring (bicyclic) bond motifs is 1. The molecule has 1 N–H and O–H groups in total. The van der Waals surface area contributed by atoms with E-state index >= 15 is 0 Å². The number of nitrogens with one attached hydrogen (secondary N) is 1. The Hall–Kier alpha value is -2.19. The van der Waals surface area contributed by atoms with Crippen LogP contribution < -0.4 is 10.2 Å². The van der Waals surface area contributed by atoms with Gasteiger partial charge in [-0.05, 0) is 37.4 Å². The molecule has 0 saturated carbocycles. The van der Waals surface area contributed by atoms with E-state index in [-0.39, 0.29) is 5.91 Å². The van der Waals surface area contributed by atoms with Gasteiger partial charge in [0, 0.05) is 41.2 Å². The van der Waals surface area contributed by atoms with E-state index in [9.17, 15) is 4.79 Å². The van der Waals surface area contributed by atoms with Crippen LogP contribution in [0.5, 0.6) is 0 Å². The zero-order valence-corrected chi connectivity index (χ0v) is 16.9. The molecule has 0 atom stereocenters. The van der Waals surface area contributed by atoms with Gasteiger partial charge in [-0.15, -0.1) is 11.8 Å². The van der Waals surface area contributed by atoms with E-state index in [1.165, 1.54) is 0 Å². The molecule has 0 aliphatic carbocycles. The van der Waals surface area contributed by atoms with Gasteiger partial charge in [0.25, 0.3) is 5.91 Å². The van der Waals surface area contributed by atoms with Crippen LogP contribution in [0.2, 0.25) is 0 Å². The number of carbonyl (C=O) groups is 1. The molecule has 2 aromatic heterocycles. The SMILES string of the molecule is CSc1ccc(NC(=O)c2cc3c(N4CCSCC4)nc(C)cn3n2)cc1. The molecule has 1 aliphatic rings. The summed E-state index contributed by atoms with van der Waals surface area (Å²) in [5, 5.41) is 7.41. The van der Waals surface area contributed by atoms with Crippen LogP contribution >= 0.6 is 23.5 Å². The molecule has 8 heteroatoms. The monoisotopic (exact) mass is 399 g/mol. The molecule has 0 unspecified atom stereocenters. The highest BCUT2D eigenvalue weighted by molar-refractivity contribution is 7.99. The first kappa shape index (κ1) is 18.2. The number of aryl methyl sites for hydroxylation is 1. The smallest absolute Gasteiger partial charge is 0.276 e. The van der Waals surface area contributed by atoms with Gasteiger partial charge in [-0.2, -0.15) is 16.9 Å². The van der Waals surface area contributed by atoms with Gasteiger partial charge >= 0.3 is 0 Å². The van der Waals surface area contributed by atoms with E-state index in [1.54, 1.807) is 16.3 Å². The number of aromatic nitrogens is 3. The summed E-state index contributed by atoms with van der Waals surface area (Å²) in [4.78, 5) is 20.8. The molecule has 27 heavy (non-hydrogen) atoms. The molecule has 1 aromatic carbocycles. The first-order valence-electron chi connectivity index (χ1n) is 8.79. The Kier molecular flexibility index (Phi) is 5.27. The van der Waals surface area contributed by atoms with Crippen LogP contribution in [0, 0.1) is 6.92 Å². The fraction of sp³-hybridized carbons (Fsp3) is 0.316. The number of benzene rings is 1. The first-order valence-corrected chi connectivity index (χ1v) is 11.2. The van der Waals surface area contributed by atoms with Crippen molar-refractivity contribution >= 4 is 46.5 Å². The summed E-state index contributed by atoms with van der Waals surface area (Å²) in [5.41, 5.74) is 2.91. The standard InChI is InChI=1S/C19H21N5OS2/c1-13-12-24-17(18(20-13)23-7-9-27-10-8-23)11-16(22-24)19(25)21-14-3-5-15(26-2)6-4-14/h3-6,11-12H,7-10H2,1-2H3,(H,21,25). The Labute approximate surface area is 166 Å². The molecule has 0 bridgehead atoms. The van der Waals surface area contributed by atoms with Crippen LogP contribution in [0.25, 0.3) is 5.52 Å². The van der Waals surface area contributed by atoms with E-state index in [2.05, 4.69) is 15.3 Å². The second-order valence-corrected chi connectivity index (χ2v) is 8.45. The maximum atomic E-state index is 12.7. The lowest BCUT2D eigenvalue weighted by molar-refractivity contribution is 0.102. The average molecular weight is 400 g/mol. The van der Waals surface area contributed by atoms with Crippen molar-refractivity contribution in [1.82, 2.24) is 14.6 Å². The first-order chi connectivity index (χ1) is 13.1. The highest BCUT2D eigenvalue weighted by Crippen LogP contribution is 2.24. The van der Waals surface area contributed by atoms with Gasteiger partial charge in [-0.3, -0.25) is 4.79 Å². The van der Waals surface area contributed by atoms with Gasteiger partial charge < -0.3 is 10.2 Å². The zero-order valence-electron chi connectivity index (χ0n) is 15.3. The number of carbonyl (C=O) groups excluding carboxylic acids is 1. The minimum Gasteiger partial charge on any atom is -0.353 e. The normalized spacial score (nSPS) is 14.5. The predicted octanol–water partition coefficient (Wildman–Crippen LogP) is 3.57. The van der Waals surface area contributed by atoms with Gasteiger partial charge in [0.15, 0.2) is 11.5 Å². The lowest BCUT2D eigenvalue weighted by Gasteiger charge is -2.28. The molecule has 1 saturated heterocycles. The van der Waals surface area contributed by atoms with E-state index in [0.717, 1.165) is 52.2 Å². The summed E-state index contributed by atoms with van der Waals surface area (Å²) < 4.78 is 1.77. The van der Waals surface area contributed by atoms with Gasteiger partial charge in [0.1, 0.15) is 5.52 Å². The Morgan fingerprint density at radius 1 is 1.22 bits per heavy atom. The van der Waals surface area contributed by atoms with Crippen molar-refractivity contribution in [3.8, 4) is 0 Å². The molecule has 3 heterocycles. The summed E-state index contributed by atoms with van der Waals surface area (Å²) in [6.45, 7) is 3.88. The highest BCUT2D eigenvalue weighted by atomic mass is 32.2. The number of thioether (sulfide) groups is 2. The number of rotatable bonds is 4. The number of amides is 1. The quantitative estimate of drug-likeness (QED) is 0.677. The Balaban J connectivity index is 1.62. The second kappa shape index (κ2) is 7.82. The number of nitrogens with zero attached hydrogens (tertiary/aromatic N) is 4. The second-order valence-electron chi connectivity index (χ2n) is 6.35. The van der Waals surface area contributed by atoms with Crippen LogP contribution in [-0.4, -0.2) is 51.4 Å². The van der Waals surface area contributed by atoms with Crippen molar-refractivity contribution in [1.29, 1.82) is 0 Å². The van der Waals surface area contributed by atoms with Crippen LogP contribution in [0.15, 0.2) is 41.4 Å². The van der Waals surface area contributed by atoms with Gasteiger partial charge in [0.05, 0.1) is 11.9 Å². The van der Waals surface area contributed by atoms with Gasteiger partial charge in [0.2, 0.25) is 0 Å². The number of hydrogen-bond donors (Lipinski definition) is 1. The number of hydrogen-bond acceptors (Lipinski definition) is 6. The summed E-state index contributed by atoms with van der Waals surface area (Å²) >= 11 is 3.63. The summed E-state index contributed by atoms with van der Waals surface area (Å²) in [6.07, 6.45) is 3.89. The Bertz CT molecular complexity index is 964. The molecule has 0 radical (unpaired) electrons. The molecule has 0 spiro atoms. The van der Waals surface area contributed by atoms with Crippen molar-refractivity contribution in [3.05, 3.63) is 47.9 Å². The van der Waals surface area contributed by atoms with Crippen molar-refractivity contribution in [3.63, 3.8) is 0 Å². The van der Waals surface area contributed by atoms with Crippen molar-refractivity contribution in [2.45, 2.75) is 11.8 Å². The minimum atomic E-state index is -0.214. The molecule has 1 amide bonds. The van der Waals surface area contributed by atoms with Crippen LogP contribution in [0.4, 0.5) is 11.5 Å². The van der Waals surface area contributed by atoms with Crippen LogP contribution in [0.3, 0.4) is 0 Å². The van der Waals surface area contributed by atoms with Gasteiger partial charge in [-0.25, -0.2) is 9.50 Å². The largest absolute Gasteiger partial charge is 0.353 e. The zero-order chi connectivity index (χ0) is 18.8. The number of anilines is 2. The van der Waals surface area contributed by atoms with E-state index in [1.807, 2.05) is 61.5 Å². The van der Waals surface area contributed by atoms with Crippen LogP contribution in [0.1, 0.15) is 16.2 Å². The lowest BCUT2D eigenvalue weighted by Crippen LogP contribution is -2.33. The van der Waals surface area contributed by atoms with E-state index < -0.39 is 0 Å². The summed E-state index contributed by atoms with van der Waals surface area (Å²) in [7, 11) is 0. The molecule has 1 fully saturated rings. The third-order valence-electron chi connectivity index (χ3n) is 4.45. The molecule has 4 rings (SSSR count). The fourth-order valence-electron chi connectivity index (χ4n) is 3.08. The van der Waals surface area contributed by atoms with E-state index in [4.69, 9.17) is 4.98 Å². The van der Waals surface area contributed by atoms with Crippen molar-refractivity contribution in [2.75, 3.05) is 41.1 Å².